The maximum Gasteiger partial charge on any atom is 0.246 e. The smallest absolute Gasteiger partial charge is 0.246 e. The fourth-order valence-corrected chi connectivity index (χ4v) is 2.67. The summed E-state index contributed by atoms with van der Waals surface area (Å²) >= 11 is 5.83. The van der Waals surface area contributed by atoms with Crippen LogP contribution < -0.4 is 10.6 Å². The van der Waals surface area contributed by atoms with Crippen LogP contribution in [0.2, 0.25) is 5.02 Å². The molecule has 6 heteroatoms. The lowest BCUT2D eigenvalue weighted by Crippen LogP contribution is -2.37. The molecule has 0 aliphatic carbocycles. The zero-order chi connectivity index (χ0) is 17.1. The van der Waals surface area contributed by atoms with Gasteiger partial charge in [-0.15, -0.1) is 0 Å². The average Bonchev–Trinajstić information content (AvgIpc) is 3.02. The molecule has 2 aromatic rings. The Hall–Kier alpha value is -2.66. The highest BCUT2D eigenvalue weighted by Gasteiger charge is 2.27. The molecule has 1 heterocycles. The number of amides is 2. The summed E-state index contributed by atoms with van der Waals surface area (Å²) in [6.45, 7) is 0. The minimum Gasteiger partial charge on any atom is -0.344 e. The highest BCUT2D eigenvalue weighted by molar-refractivity contribution is 6.30. The van der Waals surface area contributed by atoms with Crippen molar-refractivity contribution in [1.82, 2.24) is 5.32 Å². The van der Waals surface area contributed by atoms with E-state index in [1.54, 1.807) is 48.5 Å². The third kappa shape index (κ3) is 3.63. The first kappa shape index (κ1) is 16.2. The summed E-state index contributed by atoms with van der Waals surface area (Å²) in [6.07, 6.45) is 0.835. The normalized spacial score (nSPS) is 16.5. The van der Waals surface area contributed by atoms with Crippen LogP contribution in [-0.4, -0.2) is 23.6 Å². The summed E-state index contributed by atoms with van der Waals surface area (Å²) in [5.74, 6) is -0.560. The Bertz CT molecular complexity index is 802. The molecule has 2 N–H and O–H groups in total. The van der Waals surface area contributed by atoms with Crippen molar-refractivity contribution < 1.29 is 14.4 Å². The summed E-state index contributed by atoms with van der Waals surface area (Å²) in [4.78, 5) is 35.8. The van der Waals surface area contributed by atoms with Gasteiger partial charge in [-0.3, -0.25) is 14.4 Å². The highest BCUT2D eigenvalue weighted by atomic mass is 35.5. The lowest BCUT2D eigenvalue weighted by Gasteiger charge is -2.11. The van der Waals surface area contributed by atoms with E-state index in [0.717, 1.165) is 0 Å². The molecule has 0 bridgehead atoms. The van der Waals surface area contributed by atoms with Crippen molar-refractivity contribution in [3.8, 4) is 0 Å². The molecule has 0 aromatic heterocycles. The number of anilines is 1. The summed E-state index contributed by atoms with van der Waals surface area (Å²) in [5, 5.41) is 5.91. The molecule has 0 saturated carbocycles. The lowest BCUT2D eigenvalue weighted by molar-refractivity contribution is -0.122. The molecule has 24 heavy (non-hydrogen) atoms. The van der Waals surface area contributed by atoms with Crippen LogP contribution in [0.25, 0.3) is 0 Å². The predicted octanol–water partition coefficient (Wildman–Crippen LogP) is 2.79. The van der Waals surface area contributed by atoms with E-state index in [1.807, 2.05) is 0 Å². The van der Waals surface area contributed by atoms with E-state index in [2.05, 4.69) is 10.6 Å². The standard InChI is InChI=1S/C18H15ClN2O3/c19-13-6-4-11(5-7-13)17(23)12-2-1-3-14(10-12)20-18(24)15-8-9-16(22)21-15/h1-7,10,15H,8-9H2,(H,20,24)(H,21,22). The van der Waals surface area contributed by atoms with Gasteiger partial charge in [-0.1, -0.05) is 23.7 Å². The number of nitrogens with one attached hydrogen (secondary N) is 2. The molecule has 1 aliphatic rings. The van der Waals surface area contributed by atoms with E-state index in [1.165, 1.54) is 0 Å². The maximum atomic E-state index is 12.5. The zero-order valence-corrected chi connectivity index (χ0v) is 13.5. The molecular formula is C18H15ClN2O3. The van der Waals surface area contributed by atoms with Gasteiger partial charge in [-0.2, -0.15) is 0 Å². The van der Waals surface area contributed by atoms with Crippen LogP contribution in [0.5, 0.6) is 0 Å². The number of carbonyl (C=O) groups excluding carboxylic acids is 3. The van der Waals surface area contributed by atoms with Crippen LogP contribution in [0.15, 0.2) is 48.5 Å². The quantitative estimate of drug-likeness (QED) is 0.839. The number of hydrogen-bond acceptors (Lipinski definition) is 3. The van der Waals surface area contributed by atoms with E-state index in [-0.39, 0.29) is 17.6 Å². The van der Waals surface area contributed by atoms with Crippen molar-refractivity contribution in [2.45, 2.75) is 18.9 Å². The van der Waals surface area contributed by atoms with Crippen molar-refractivity contribution in [3.05, 3.63) is 64.7 Å². The zero-order valence-electron chi connectivity index (χ0n) is 12.7. The number of ketones is 1. The van der Waals surface area contributed by atoms with Crippen molar-refractivity contribution in [1.29, 1.82) is 0 Å². The number of carbonyl (C=O) groups is 3. The summed E-state index contributed by atoms with van der Waals surface area (Å²) in [7, 11) is 0. The average molecular weight is 343 g/mol. The van der Waals surface area contributed by atoms with Gasteiger partial charge in [0.15, 0.2) is 5.78 Å². The van der Waals surface area contributed by atoms with Gasteiger partial charge >= 0.3 is 0 Å². The van der Waals surface area contributed by atoms with Crippen LogP contribution in [0.3, 0.4) is 0 Å². The molecule has 1 atom stereocenters. The van der Waals surface area contributed by atoms with E-state index >= 15 is 0 Å². The van der Waals surface area contributed by atoms with Gasteiger partial charge in [0.1, 0.15) is 6.04 Å². The molecule has 1 saturated heterocycles. The van der Waals surface area contributed by atoms with Crippen molar-refractivity contribution in [2.24, 2.45) is 0 Å². The van der Waals surface area contributed by atoms with Crippen LogP contribution in [0, 0.1) is 0 Å². The number of rotatable bonds is 4. The van der Waals surface area contributed by atoms with E-state index in [0.29, 0.717) is 34.7 Å². The molecule has 1 aliphatic heterocycles. The van der Waals surface area contributed by atoms with Gasteiger partial charge in [0.25, 0.3) is 0 Å². The fraction of sp³-hybridized carbons (Fsp3) is 0.167. The molecule has 3 rings (SSSR count). The Labute approximate surface area is 144 Å². The van der Waals surface area contributed by atoms with E-state index in [9.17, 15) is 14.4 Å². The summed E-state index contributed by atoms with van der Waals surface area (Å²) in [6, 6.07) is 12.8. The molecular weight excluding hydrogens is 328 g/mol. The monoisotopic (exact) mass is 342 g/mol. The fourth-order valence-electron chi connectivity index (χ4n) is 2.55. The van der Waals surface area contributed by atoms with Crippen molar-refractivity contribution in [3.63, 3.8) is 0 Å². The summed E-state index contributed by atoms with van der Waals surface area (Å²) in [5.41, 5.74) is 1.50. The SMILES string of the molecule is O=C1CCC(C(=O)Nc2cccc(C(=O)c3ccc(Cl)cc3)c2)N1. The number of halogens is 1. The first-order chi connectivity index (χ1) is 11.5. The van der Waals surface area contributed by atoms with Gasteiger partial charge in [-0.05, 0) is 42.8 Å². The van der Waals surface area contributed by atoms with Crippen LogP contribution in [0.1, 0.15) is 28.8 Å². The first-order valence-corrected chi connectivity index (χ1v) is 7.91. The molecule has 0 radical (unpaired) electrons. The Morgan fingerprint density at radius 2 is 1.83 bits per heavy atom. The second-order valence-corrected chi connectivity index (χ2v) is 6.00. The molecule has 1 fully saturated rings. The molecule has 1 unspecified atom stereocenters. The third-order valence-electron chi connectivity index (χ3n) is 3.81. The molecule has 5 nitrogen and oxygen atoms in total. The largest absolute Gasteiger partial charge is 0.344 e. The maximum absolute atomic E-state index is 12.5. The molecule has 0 spiro atoms. The van der Waals surface area contributed by atoms with Crippen LogP contribution in [0.4, 0.5) is 5.69 Å². The van der Waals surface area contributed by atoms with Gasteiger partial charge in [0.05, 0.1) is 0 Å². The van der Waals surface area contributed by atoms with E-state index in [4.69, 9.17) is 11.6 Å². The predicted molar refractivity (Wildman–Crippen MR) is 91.1 cm³/mol. The molecule has 122 valence electrons. The Kier molecular flexibility index (Phi) is 4.62. The third-order valence-corrected chi connectivity index (χ3v) is 4.06. The van der Waals surface area contributed by atoms with Crippen molar-refractivity contribution in [2.75, 3.05) is 5.32 Å². The minimum atomic E-state index is -0.520. The number of hydrogen-bond donors (Lipinski definition) is 2. The van der Waals surface area contributed by atoms with Gasteiger partial charge in [0, 0.05) is 28.3 Å². The second-order valence-electron chi connectivity index (χ2n) is 5.56. The van der Waals surface area contributed by atoms with Gasteiger partial charge in [-0.25, -0.2) is 0 Å². The summed E-state index contributed by atoms with van der Waals surface area (Å²) < 4.78 is 0. The highest BCUT2D eigenvalue weighted by Crippen LogP contribution is 2.18. The topological polar surface area (TPSA) is 75.3 Å². The molecule has 2 aromatic carbocycles. The first-order valence-electron chi connectivity index (χ1n) is 7.53. The van der Waals surface area contributed by atoms with E-state index < -0.39 is 6.04 Å². The van der Waals surface area contributed by atoms with Gasteiger partial charge < -0.3 is 10.6 Å². The van der Waals surface area contributed by atoms with Gasteiger partial charge in [0.2, 0.25) is 11.8 Å². The lowest BCUT2D eigenvalue weighted by atomic mass is 10.0. The van der Waals surface area contributed by atoms with Crippen LogP contribution >= 0.6 is 11.6 Å². The number of benzene rings is 2. The Balaban J connectivity index is 1.74. The molecule has 2 amide bonds. The van der Waals surface area contributed by atoms with Crippen LogP contribution in [-0.2, 0) is 9.59 Å². The Morgan fingerprint density at radius 3 is 2.50 bits per heavy atom. The second kappa shape index (κ2) is 6.84. The van der Waals surface area contributed by atoms with Crippen molar-refractivity contribution >= 4 is 34.9 Å². The minimum absolute atomic E-state index is 0.123. The Morgan fingerprint density at radius 1 is 1.08 bits per heavy atom.